The summed E-state index contributed by atoms with van der Waals surface area (Å²) in [5.74, 6) is -1.24. The third kappa shape index (κ3) is 6.00. The highest BCUT2D eigenvalue weighted by molar-refractivity contribution is 6.06. The van der Waals surface area contributed by atoms with E-state index in [4.69, 9.17) is 9.47 Å². The fraction of sp³-hybridized carbons (Fsp3) is 0.353. The van der Waals surface area contributed by atoms with Gasteiger partial charge in [-0.25, -0.2) is 0 Å². The second kappa shape index (κ2) is 9.92. The van der Waals surface area contributed by atoms with E-state index in [9.17, 15) is 14.4 Å². The molecule has 0 bridgehead atoms. The molecule has 1 aliphatic heterocycles. The van der Waals surface area contributed by atoms with Gasteiger partial charge < -0.3 is 14.8 Å². The van der Waals surface area contributed by atoms with Crippen molar-refractivity contribution in [2.45, 2.75) is 13.3 Å². The second-order valence-corrected chi connectivity index (χ2v) is 5.19. The summed E-state index contributed by atoms with van der Waals surface area (Å²) in [5, 5.41) is 10.6. The number of hydrogen-bond donors (Lipinski definition) is 1. The molecule has 0 aromatic heterocycles. The maximum atomic E-state index is 11.9. The van der Waals surface area contributed by atoms with E-state index in [-0.39, 0.29) is 44.6 Å². The van der Waals surface area contributed by atoms with Gasteiger partial charge in [-0.3, -0.25) is 19.3 Å². The van der Waals surface area contributed by atoms with Crippen molar-refractivity contribution in [2.75, 3.05) is 26.3 Å². The quantitative estimate of drug-likeness (QED) is 0.406. The molecule has 1 amide bonds. The van der Waals surface area contributed by atoms with E-state index in [1.807, 2.05) is 30.3 Å². The molecule has 1 aromatic rings. The van der Waals surface area contributed by atoms with Crippen molar-refractivity contribution in [2.24, 2.45) is 10.2 Å². The number of rotatable bonds is 8. The number of carbonyl (C=O) groups is 3. The third-order valence-electron chi connectivity index (χ3n) is 3.28. The average Bonchev–Trinajstić information content (AvgIpc) is 2.96. The number of carbonyl (C=O) groups excluding carboxylic acids is 3. The first kappa shape index (κ1) is 19.1. The van der Waals surface area contributed by atoms with Crippen molar-refractivity contribution in [3.63, 3.8) is 0 Å². The number of hydrogen-bond acceptors (Lipinski definition) is 7. The number of ether oxygens (including phenoxy) is 2. The number of guanidine groups is 1. The van der Waals surface area contributed by atoms with Crippen molar-refractivity contribution >= 4 is 30.0 Å². The predicted molar refractivity (Wildman–Crippen MR) is 93.4 cm³/mol. The molecule has 0 atom stereocenters. The summed E-state index contributed by atoms with van der Waals surface area (Å²) in [5.41, 5.74) is 0.853. The number of amides is 1. The second-order valence-electron chi connectivity index (χ2n) is 5.19. The van der Waals surface area contributed by atoms with Crippen LogP contribution in [0.15, 0.2) is 40.5 Å². The molecule has 1 aromatic carbocycles. The SMILES string of the molecule is CCOC(=O)CCOC(=O)CN1C(=O)CN/C1=N/N=C/c1ccccc1. The standard InChI is InChI=1S/C17H20N4O5/c1-2-25-15(23)8-9-26-16(24)12-21-14(22)11-18-17(21)20-19-10-13-6-4-3-5-7-13/h3-7,10H,2,8-9,11-12H2,1H3,(H,18,20)/b19-10+. The lowest BCUT2D eigenvalue weighted by Gasteiger charge is -2.13. The number of nitrogens with zero attached hydrogens (tertiary/aromatic N) is 3. The van der Waals surface area contributed by atoms with Gasteiger partial charge in [-0.1, -0.05) is 30.3 Å². The van der Waals surface area contributed by atoms with Gasteiger partial charge in [0.2, 0.25) is 11.9 Å². The summed E-state index contributed by atoms with van der Waals surface area (Å²) in [6, 6.07) is 9.33. The van der Waals surface area contributed by atoms with Gasteiger partial charge in [-0.15, -0.1) is 5.10 Å². The minimum atomic E-state index is -0.647. The van der Waals surface area contributed by atoms with Crippen LogP contribution in [0, 0.1) is 0 Å². The Morgan fingerprint density at radius 2 is 2.00 bits per heavy atom. The summed E-state index contributed by atoms with van der Waals surface area (Å²) in [7, 11) is 0. The molecule has 0 radical (unpaired) electrons. The minimum absolute atomic E-state index is 0.0236. The molecule has 1 saturated heterocycles. The zero-order valence-corrected chi connectivity index (χ0v) is 14.4. The first-order valence-corrected chi connectivity index (χ1v) is 8.11. The van der Waals surface area contributed by atoms with Crippen molar-refractivity contribution < 1.29 is 23.9 Å². The van der Waals surface area contributed by atoms with E-state index in [2.05, 4.69) is 15.5 Å². The van der Waals surface area contributed by atoms with Gasteiger partial charge >= 0.3 is 11.9 Å². The van der Waals surface area contributed by atoms with Crippen LogP contribution < -0.4 is 5.32 Å². The van der Waals surface area contributed by atoms with E-state index in [1.54, 1.807) is 6.92 Å². The summed E-state index contributed by atoms with van der Waals surface area (Å²) in [4.78, 5) is 36.0. The molecular weight excluding hydrogens is 340 g/mol. The van der Waals surface area contributed by atoms with Gasteiger partial charge in [-0.05, 0) is 12.5 Å². The normalized spacial score (nSPS) is 15.3. The Morgan fingerprint density at radius 3 is 2.73 bits per heavy atom. The number of esters is 2. The van der Waals surface area contributed by atoms with Crippen LogP contribution in [0.4, 0.5) is 0 Å². The zero-order valence-electron chi connectivity index (χ0n) is 14.4. The lowest BCUT2D eigenvalue weighted by atomic mass is 10.2. The highest BCUT2D eigenvalue weighted by atomic mass is 16.5. The average molecular weight is 360 g/mol. The molecule has 0 aliphatic carbocycles. The Labute approximate surface area is 150 Å². The fourth-order valence-corrected chi connectivity index (χ4v) is 2.06. The maximum absolute atomic E-state index is 11.9. The molecule has 26 heavy (non-hydrogen) atoms. The molecule has 9 nitrogen and oxygen atoms in total. The van der Waals surface area contributed by atoms with Gasteiger partial charge in [0.05, 0.1) is 25.8 Å². The minimum Gasteiger partial charge on any atom is -0.466 e. The molecule has 9 heteroatoms. The Kier molecular flexibility index (Phi) is 7.29. The van der Waals surface area contributed by atoms with Crippen molar-refractivity contribution in [1.82, 2.24) is 10.2 Å². The molecule has 0 spiro atoms. The van der Waals surface area contributed by atoms with Gasteiger partial charge in [0, 0.05) is 0 Å². The van der Waals surface area contributed by atoms with Crippen LogP contribution in [0.25, 0.3) is 0 Å². The van der Waals surface area contributed by atoms with E-state index < -0.39 is 11.9 Å². The fourth-order valence-electron chi connectivity index (χ4n) is 2.06. The maximum Gasteiger partial charge on any atom is 0.326 e. The largest absolute Gasteiger partial charge is 0.466 e. The summed E-state index contributed by atoms with van der Waals surface area (Å²) >= 11 is 0. The van der Waals surface area contributed by atoms with Gasteiger partial charge in [-0.2, -0.15) is 5.10 Å². The molecule has 138 valence electrons. The molecule has 1 fully saturated rings. The molecule has 1 aliphatic rings. The first-order valence-electron chi connectivity index (χ1n) is 8.11. The molecular formula is C17H20N4O5. The molecule has 1 heterocycles. The van der Waals surface area contributed by atoms with Gasteiger partial charge in [0.1, 0.15) is 13.2 Å². The third-order valence-corrected chi connectivity index (χ3v) is 3.28. The molecule has 1 N–H and O–H groups in total. The van der Waals surface area contributed by atoms with Crippen LogP contribution in [-0.4, -0.2) is 61.2 Å². The summed E-state index contributed by atoms with van der Waals surface area (Å²) in [6.45, 7) is 1.57. The number of nitrogens with one attached hydrogen (secondary N) is 1. The predicted octanol–water partition coefficient (Wildman–Crippen LogP) is 0.305. The Bertz CT molecular complexity index is 702. The highest BCUT2D eigenvalue weighted by Crippen LogP contribution is 2.02. The van der Waals surface area contributed by atoms with Crippen LogP contribution in [0.2, 0.25) is 0 Å². The zero-order chi connectivity index (χ0) is 18.8. The topological polar surface area (TPSA) is 110 Å². The van der Waals surface area contributed by atoms with Crippen LogP contribution in [0.1, 0.15) is 18.9 Å². The van der Waals surface area contributed by atoms with Crippen molar-refractivity contribution in [3.8, 4) is 0 Å². The van der Waals surface area contributed by atoms with Crippen LogP contribution in [0.3, 0.4) is 0 Å². The highest BCUT2D eigenvalue weighted by Gasteiger charge is 2.29. The molecule has 2 rings (SSSR count). The van der Waals surface area contributed by atoms with E-state index >= 15 is 0 Å². The van der Waals surface area contributed by atoms with Crippen molar-refractivity contribution in [3.05, 3.63) is 35.9 Å². The lowest BCUT2D eigenvalue weighted by molar-refractivity contribution is -0.150. The van der Waals surface area contributed by atoms with Crippen molar-refractivity contribution in [1.29, 1.82) is 0 Å². The monoisotopic (exact) mass is 360 g/mol. The van der Waals surface area contributed by atoms with E-state index in [0.29, 0.717) is 0 Å². The van der Waals surface area contributed by atoms with Crippen LogP contribution >= 0.6 is 0 Å². The summed E-state index contributed by atoms with van der Waals surface area (Å²) in [6.07, 6.45) is 1.50. The number of benzene rings is 1. The van der Waals surface area contributed by atoms with Crippen LogP contribution in [-0.2, 0) is 23.9 Å². The van der Waals surface area contributed by atoms with Crippen LogP contribution in [0.5, 0.6) is 0 Å². The molecule has 0 unspecified atom stereocenters. The molecule has 0 saturated carbocycles. The van der Waals surface area contributed by atoms with Gasteiger partial charge in [0.15, 0.2) is 0 Å². The first-order chi connectivity index (χ1) is 12.6. The summed E-state index contributed by atoms with van der Waals surface area (Å²) < 4.78 is 9.67. The Balaban J connectivity index is 1.86. The Morgan fingerprint density at radius 1 is 1.23 bits per heavy atom. The Hall–Kier alpha value is -3.23. The lowest BCUT2D eigenvalue weighted by Crippen LogP contribution is -2.37. The van der Waals surface area contributed by atoms with E-state index in [1.165, 1.54) is 6.21 Å². The smallest absolute Gasteiger partial charge is 0.326 e. The van der Waals surface area contributed by atoms with E-state index in [0.717, 1.165) is 10.5 Å². The van der Waals surface area contributed by atoms with Gasteiger partial charge in [0.25, 0.3) is 0 Å².